The van der Waals surface area contributed by atoms with Crippen LogP contribution in [0, 0.1) is 5.92 Å². The lowest BCUT2D eigenvalue weighted by Crippen LogP contribution is -2.54. The van der Waals surface area contributed by atoms with Crippen molar-refractivity contribution in [1.82, 2.24) is 9.80 Å². The zero-order valence-electron chi connectivity index (χ0n) is 15.6. The fourth-order valence-corrected chi connectivity index (χ4v) is 2.77. The molecule has 1 aliphatic rings. The Morgan fingerprint density at radius 2 is 1.78 bits per heavy atom. The average Bonchev–Trinajstić information content (AvgIpc) is 2.84. The van der Waals surface area contributed by atoms with Crippen molar-refractivity contribution in [2.45, 2.75) is 78.6 Å². The zero-order valence-corrected chi connectivity index (χ0v) is 15.6. The van der Waals surface area contributed by atoms with Crippen molar-refractivity contribution in [3.05, 3.63) is 0 Å². The lowest BCUT2D eigenvalue weighted by molar-refractivity contribution is -0.137. The van der Waals surface area contributed by atoms with E-state index in [1.165, 1.54) is 0 Å². The molecule has 6 heteroatoms. The first kappa shape index (κ1) is 19.7. The highest BCUT2D eigenvalue weighted by atomic mass is 16.6. The van der Waals surface area contributed by atoms with E-state index >= 15 is 0 Å². The monoisotopic (exact) mass is 327 g/mol. The maximum Gasteiger partial charge on any atom is 0.410 e. The minimum Gasteiger partial charge on any atom is -0.444 e. The van der Waals surface area contributed by atoms with E-state index in [-0.39, 0.29) is 30.0 Å². The van der Waals surface area contributed by atoms with E-state index in [4.69, 9.17) is 10.5 Å². The summed E-state index contributed by atoms with van der Waals surface area (Å²) < 4.78 is 5.42. The molecule has 1 saturated heterocycles. The lowest BCUT2D eigenvalue weighted by Gasteiger charge is -2.35. The summed E-state index contributed by atoms with van der Waals surface area (Å²) in [5.41, 5.74) is 5.54. The van der Waals surface area contributed by atoms with Crippen LogP contribution in [0.15, 0.2) is 0 Å². The van der Waals surface area contributed by atoms with Crippen LogP contribution in [0.5, 0.6) is 0 Å². The SMILES string of the molecule is CC(C)C(N)C(=O)N(C(C)C)C1CCN(C(=O)OC(C)(C)C)C1. The topological polar surface area (TPSA) is 75.9 Å². The van der Waals surface area contributed by atoms with Crippen molar-refractivity contribution in [2.24, 2.45) is 11.7 Å². The number of carbonyl (C=O) groups excluding carboxylic acids is 2. The fraction of sp³-hybridized carbons (Fsp3) is 0.882. The number of likely N-dealkylation sites (tertiary alicyclic amines) is 1. The van der Waals surface area contributed by atoms with Gasteiger partial charge >= 0.3 is 6.09 Å². The highest BCUT2D eigenvalue weighted by Crippen LogP contribution is 2.22. The minimum atomic E-state index is -0.511. The molecule has 0 aromatic carbocycles. The first-order valence-corrected chi connectivity index (χ1v) is 8.49. The van der Waals surface area contributed by atoms with Crippen molar-refractivity contribution in [3.8, 4) is 0 Å². The molecular formula is C17H33N3O3. The van der Waals surface area contributed by atoms with Crippen molar-refractivity contribution < 1.29 is 14.3 Å². The predicted octanol–water partition coefficient (Wildman–Crippen LogP) is 2.22. The van der Waals surface area contributed by atoms with Crippen molar-refractivity contribution in [3.63, 3.8) is 0 Å². The molecule has 0 saturated carbocycles. The smallest absolute Gasteiger partial charge is 0.410 e. The summed E-state index contributed by atoms with van der Waals surface area (Å²) >= 11 is 0. The molecule has 1 fully saturated rings. The Labute approximate surface area is 140 Å². The molecule has 2 amide bonds. The van der Waals surface area contributed by atoms with Crippen molar-refractivity contribution in [1.29, 1.82) is 0 Å². The number of hydrogen-bond donors (Lipinski definition) is 1. The molecule has 1 aliphatic heterocycles. The molecule has 0 aromatic rings. The van der Waals surface area contributed by atoms with Gasteiger partial charge in [-0.25, -0.2) is 4.79 Å². The van der Waals surface area contributed by atoms with Gasteiger partial charge in [-0.3, -0.25) is 4.79 Å². The van der Waals surface area contributed by atoms with Crippen LogP contribution in [-0.4, -0.2) is 58.6 Å². The lowest BCUT2D eigenvalue weighted by atomic mass is 10.0. The van der Waals surface area contributed by atoms with Gasteiger partial charge in [0.05, 0.1) is 12.1 Å². The summed E-state index contributed by atoms with van der Waals surface area (Å²) in [7, 11) is 0. The maximum absolute atomic E-state index is 12.7. The van der Waals surface area contributed by atoms with Crippen LogP contribution in [0.3, 0.4) is 0 Å². The molecule has 0 aromatic heterocycles. The van der Waals surface area contributed by atoms with Crippen LogP contribution in [0.25, 0.3) is 0 Å². The molecule has 2 unspecified atom stereocenters. The molecule has 134 valence electrons. The first-order valence-electron chi connectivity index (χ1n) is 8.49. The second-order valence-electron chi connectivity index (χ2n) is 7.98. The molecular weight excluding hydrogens is 294 g/mol. The van der Waals surface area contributed by atoms with Crippen LogP contribution in [0.4, 0.5) is 4.79 Å². The second kappa shape index (κ2) is 7.51. The Balaban J connectivity index is 2.77. The van der Waals surface area contributed by atoms with Crippen LogP contribution < -0.4 is 5.73 Å². The third-order valence-corrected chi connectivity index (χ3v) is 4.02. The zero-order chi connectivity index (χ0) is 17.9. The van der Waals surface area contributed by atoms with Gasteiger partial charge in [0, 0.05) is 19.1 Å². The van der Waals surface area contributed by atoms with Gasteiger partial charge in [-0.15, -0.1) is 0 Å². The summed E-state index contributed by atoms with van der Waals surface area (Å²) in [6.45, 7) is 14.5. The van der Waals surface area contributed by atoms with Gasteiger partial charge < -0.3 is 20.3 Å². The Bertz CT molecular complexity index is 429. The Hall–Kier alpha value is -1.30. The molecule has 1 rings (SSSR count). The van der Waals surface area contributed by atoms with E-state index in [0.29, 0.717) is 13.1 Å². The molecule has 0 spiro atoms. The van der Waals surface area contributed by atoms with Gasteiger partial charge in [-0.2, -0.15) is 0 Å². The predicted molar refractivity (Wildman–Crippen MR) is 91.0 cm³/mol. The molecule has 0 bridgehead atoms. The van der Waals surface area contributed by atoms with Crippen molar-refractivity contribution in [2.75, 3.05) is 13.1 Å². The van der Waals surface area contributed by atoms with E-state index in [1.54, 1.807) is 4.90 Å². The quantitative estimate of drug-likeness (QED) is 0.859. The molecule has 6 nitrogen and oxygen atoms in total. The van der Waals surface area contributed by atoms with Gasteiger partial charge in [-0.1, -0.05) is 13.8 Å². The van der Waals surface area contributed by atoms with Gasteiger partial charge in [-0.05, 0) is 47.0 Å². The molecule has 0 radical (unpaired) electrons. The van der Waals surface area contributed by atoms with Gasteiger partial charge in [0.2, 0.25) is 5.91 Å². The summed E-state index contributed by atoms with van der Waals surface area (Å²) in [5, 5.41) is 0. The van der Waals surface area contributed by atoms with Gasteiger partial charge in [0.1, 0.15) is 5.60 Å². The van der Waals surface area contributed by atoms with Crippen LogP contribution in [0.1, 0.15) is 54.9 Å². The van der Waals surface area contributed by atoms with Crippen LogP contribution >= 0.6 is 0 Å². The highest BCUT2D eigenvalue weighted by molar-refractivity contribution is 5.82. The van der Waals surface area contributed by atoms with E-state index in [9.17, 15) is 9.59 Å². The molecule has 1 heterocycles. The third kappa shape index (κ3) is 5.37. The number of ether oxygens (including phenoxy) is 1. The van der Waals surface area contributed by atoms with E-state index < -0.39 is 11.6 Å². The van der Waals surface area contributed by atoms with E-state index in [2.05, 4.69) is 0 Å². The molecule has 23 heavy (non-hydrogen) atoms. The number of carbonyl (C=O) groups is 2. The van der Waals surface area contributed by atoms with Crippen LogP contribution in [0.2, 0.25) is 0 Å². The third-order valence-electron chi connectivity index (χ3n) is 4.02. The summed E-state index contributed by atoms with van der Waals surface area (Å²) in [6.07, 6.45) is 0.442. The Kier molecular flexibility index (Phi) is 6.45. The highest BCUT2D eigenvalue weighted by Gasteiger charge is 2.37. The van der Waals surface area contributed by atoms with E-state index in [1.807, 2.05) is 53.4 Å². The average molecular weight is 327 g/mol. The number of rotatable bonds is 4. The normalized spacial score (nSPS) is 20.1. The number of nitrogens with two attached hydrogens (primary N) is 1. The summed E-state index contributed by atoms with van der Waals surface area (Å²) in [5.74, 6) is 0.0538. The summed E-state index contributed by atoms with van der Waals surface area (Å²) in [6, 6.07) is -0.455. The van der Waals surface area contributed by atoms with Gasteiger partial charge in [0.15, 0.2) is 0 Å². The second-order valence-corrected chi connectivity index (χ2v) is 7.98. The number of amides is 2. The summed E-state index contributed by atoms with van der Waals surface area (Å²) in [4.78, 5) is 28.4. The van der Waals surface area contributed by atoms with Crippen molar-refractivity contribution >= 4 is 12.0 Å². The minimum absolute atomic E-state index is 0.000168. The number of nitrogens with zero attached hydrogens (tertiary/aromatic N) is 2. The molecule has 2 N–H and O–H groups in total. The maximum atomic E-state index is 12.7. The number of hydrogen-bond acceptors (Lipinski definition) is 4. The largest absolute Gasteiger partial charge is 0.444 e. The molecule has 0 aliphatic carbocycles. The molecule has 2 atom stereocenters. The Morgan fingerprint density at radius 3 is 2.22 bits per heavy atom. The standard InChI is InChI=1S/C17H33N3O3/c1-11(2)14(18)15(21)20(12(3)4)13-8-9-19(10-13)16(22)23-17(5,6)7/h11-14H,8-10,18H2,1-7H3. The van der Waals surface area contributed by atoms with E-state index in [0.717, 1.165) is 6.42 Å². The van der Waals surface area contributed by atoms with Gasteiger partial charge in [0.25, 0.3) is 0 Å². The fourth-order valence-electron chi connectivity index (χ4n) is 2.77. The van der Waals surface area contributed by atoms with Crippen LogP contribution in [-0.2, 0) is 9.53 Å². The Morgan fingerprint density at radius 1 is 1.22 bits per heavy atom. The first-order chi connectivity index (χ1) is 10.4.